The standard InChI is InChI=1S/C23H24ClNO5.ClH/c1-25-9-8-14(16(25)12-26)21-19(28-2)11-20(29-3)22-17(27)10-18(30-23(21)22)13-6-4-5-7-15(13)24;/h4-7,10-11,14,16,26H,8-9,12H2,1-3H3;1H. The van der Waals surface area contributed by atoms with Crippen molar-refractivity contribution in [3.8, 4) is 22.8 Å². The molecule has 2 heterocycles. The largest absolute Gasteiger partial charge is 0.496 e. The monoisotopic (exact) mass is 465 g/mol. The first kappa shape index (κ1) is 23.4. The third-order valence-electron chi connectivity index (χ3n) is 5.93. The lowest BCUT2D eigenvalue weighted by molar-refractivity contribution is 0.171. The van der Waals surface area contributed by atoms with E-state index in [0.29, 0.717) is 38.8 Å². The highest BCUT2D eigenvalue weighted by Crippen LogP contribution is 2.45. The van der Waals surface area contributed by atoms with Gasteiger partial charge in [0.05, 0.1) is 25.8 Å². The van der Waals surface area contributed by atoms with E-state index in [2.05, 4.69) is 4.90 Å². The molecule has 4 rings (SSSR count). The Hall–Kier alpha value is -2.25. The third kappa shape index (κ3) is 4.01. The number of rotatable bonds is 5. The van der Waals surface area contributed by atoms with Crippen LogP contribution in [0.4, 0.5) is 0 Å². The van der Waals surface area contributed by atoms with Gasteiger partial charge in [-0.25, -0.2) is 0 Å². The highest BCUT2D eigenvalue weighted by molar-refractivity contribution is 6.33. The van der Waals surface area contributed by atoms with E-state index in [0.717, 1.165) is 18.5 Å². The molecule has 1 aliphatic rings. The number of likely N-dealkylation sites (N-methyl/N-ethyl adjacent to an activating group) is 1. The van der Waals surface area contributed by atoms with Gasteiger partial charge in [0.1, 0.15) is 28.2 Å². The van der Waals surface area contributed by atoms with Gasteiger partial charge in [-0.05, 0) is 32.1 Å². The van der Waals surface area contributed by atoms with E-state index in [4.69, 9.17) is 25.5 Å². The van der Waals surface area contributed by atoms with Crippen LogP contribution < -0.4 is 14.9 Å². The number of halogens is 2. The Bertz CT molecular complexity index is 1150. The quantitative estimate of drug-likeness (QED) is 0.604. The summed E-state index contributed by atoms with van der Waals surface area (Å²) in [4.78, 5) is 15.3. The second-order valence-electron chi connectivity index (χ2n) is 7.48. The Kier molecular flexibility index (Phi) is 7.17. The number of aliphatic hydroxyl groups is 1. The van der Waals surface area contributed by atoms with Crippen LogP contribution in [0.1, 0.15) is 17.9 Å². The Morgan fingerprint density at radius 1 is 1.19 bits per heavy atom. The molecule has 6 nitrogen and oxygen atoms in total. The average molecular weight is 466 g/mol. The minimum absolute atomic E-state index is 0. The summed E-state index contributed by atoms with van der Waals surface area (Å²) in [7, 11) is 5.06. The molecule has 2 aromatic carbocycles. The molecule has 166 valence electrons. The van der Waals surface area contributed by atoms with Gasteiger partial charge in [0.2, 0.25) is 0 Å². The number of hydrogen-bond donors (Lipinski definition) is 1. The normalized spacial score (nSPS) is 18.7. The van der Waals surface area contributed by atoms with Crippen molar-refractivity contribution < 1.29 is 19.0 Å². The fourth-order valence-electron chi connectivity index (χ4n) is 4.38. The molecule has 0 amide bonds. The van der Waals surface area contributed by atoms with Gasteiger partial charge in [-0.1, -0.05) is 23.7 Å². The Morgan fingerprint density at radius 2 is 1.90 bits per heavy atom. The SMILES string of the molecule is COc1cc(OC)c2c(=O)cc(-c3ccccc3Cl)oc2c1C1CCN(C)C1CO.Cl. The lowest BCUT2D eigenvalue weighted by Crippen LogP contribution is -2.32. The van der Waals surface area contributed by atoms with Crippen molar-refractivity contribution in [1.82, 2.24) is 4.90 Å². The van der Waals surface area contributed by atoms with Crippen molar-refractivity contribution in [2.75, 3.05) is 34.4 Å². The van der Waals surface area contributed by atoms with Crippen LogP contribution in [0.15, 0.2) is 45.6 Å². The van der Waals surface area contributed by atoms with Crippen molar-refractivity contribution in [2.24, 2.45) is 0 Å². The summed E-state index contributed by atoms with van der Waals surface area (Å²) in [6.45, 7) is 0.813. The maximum absolute atomic E-state index is 13.2. The topological polar surface area (TPSA) is 72.1 Å². The number of likely N-dealkylation sites (tertiary alicyclic amines) is 1. The zero-order chi connectivity index (χ0) is 21.4. The van der Waals surface area contributed by atoms with Crippen LogP contribution in [0.3, 0.4) is 0 Å². The Morgan fingerprint density at radius 3 is 2.55 bits per heavy atom. The summed E-state index contributed by atoms with van der Waals surface area (Å²) < 4.78 is 17.5. The summed E-state index contributed by atoms with van der Waals surface area (Å²) in [5.41, 5.74) is 1.59. The number of aliphatic hydroxyl groups excluding tert-OH is 1. The minimum Gasteiger partial charge on any atom is -0.496 e. The van der Waals surface area contributed by atoms with Crippen molar-refractivity contribution in [3.05, 3.63) is 57.2 Å². The van der Waals surface area contributed by atoms with Gasteiger partial charge in [0, 0.05) is 35.2 Å². The van der Waals surface area contributed by atoms with Gasteiger partial charge in [0.15, 0.2) is 5.43 Å². The molecule has 31 heavy (non-hydrogen) atoms. The van der Waals surface area contributed by atoms with E-state index in [-0.39, 0.29) is 36.4 Å². The molecule has 2 unspecified atom stereocenters. The van der Waals surface area contributed by atoms with Crippen LogP contribution in [0.5, 0.6) is 11.5 Å². The van der Waals surface area contributed by atoms with Crippen molar-refractivity contribution in [2.45, 2.75) is 18.4 Å². The molecule has 3 aromatic rings. The van der Waals surface area contributed by atoms with Gasteiger partial charge in [-0.2, -0.15) is 0 Å². The molecule has 0 spiro atoms. The van der Waals surface area contributed by atoms with Crippen LogP contribution in [-0.4, -0.2) is 50.5 Å². The van der Waals surface area contributed by atoms with Crippen LogP contribution in [0.25, 0.3) is 22.3 Å². The molecule has 1 saturated heterocycles. The summed E-state index contributed by atoms with van der Waals surface area (Å²) in [5, 5.41) is 10.9. The first-order chi connectivity index (χ1) is 14.5. The molecular formula is C23H25Cl2NO5. The molecule has 2 atom stereocenters. The zero-order valence-corrected chi connectivity index (χ0v) is 19.1. The summed E-state index contributed by atoms with van der Waals surface area (Å²) in [6.07, 6.45) is 0.805. The van der Waals surface area contributed by atoms with Crippen LogP contribution >= 0.6 is 24.0 Å². The molecule has 0 radical (unpaired) electrons. The Labute approximate surface area is 191 Å². The predicted molar refractivity (Wildman–Crippen MR) is 124 cm³/mol. The highest BCUT2D eigenvalue weighted by Gasteiger charge is 2.37. The minimum atomic E-state index is -0.223. The lowest BCUT2D eigenvalue weighted by atomic mass is 9.89. The van der Waals surface area contributed by atoms with E-state index in [1.165, 1.54) is 13.2 Å². The molecule has 0 bridgehead atoms. The number of nitrogens with zero attached hydrogens (tertiary/aromatic N) is 1. The number of methoxy groups -OCH3 is 2. The average Bonchev–Trinajstić information content (AvgIpc) is 3.12. The maximum atomic E-state index is 13.2. The van der Waals surface area contributed by atoms with E-state index in [1.807, 2.05) is 25.2 Å². The number of benzene rings is 2. The van der Waals surface area contributed by atoms with Crippen LogP contribution in [0.2, 0.25) is 5.02 Å². The summed E-state index contributed by atoms with van der Waals surface area (Å²) in [6, 6.07) is 10.3. The molecule has 0 aliphatic carbocycles. The van der Waals surface area contributed by atoms with Crippen molar-refractivity contribution in [1.29, 1.82) is 0 Å². The van der Waals surface area contributed by atoms with Gasteiger partial charge in [-0.3, -0.25) is 4.79 Å². The van der Waals surface area contributed by atoms with Gasteiger partial charge in [-0.15, -0.1) is 12.4 Å². The molecule has 1 fully saturated rings. The molecule has 1 N–H and O–H groups in total. The molecule has 8 heteroatoms. The number of fused-ring (bicyclic) bond motifs is 1. The molecular weight excluding hydrogens is 441 g/mol. The van der Waals surface area contributed by atoms with Crippen molar-refractivity contribution in [3.63, 3.8) is 0 Å². The smallest absolute Gasteiger partial charge is 0.197 e. The highest BCUT2D eigenvalue weighted by atomic mass is 35.5. The molecule has 1 aromatic heterocycles. The third-order valence-corrected chi connectivity index (χ3v) is 6.26. The van der Waals surface area contributed by atoms with E-state index < -0.39 is 0 Å². The van der Waals surface area contributed by atoms with Crippen LogP contribution in [0, 0.1) is 0 Å². The van der Waals surface area contributed by atoms with E-state index in [1.54, 1.807) is 19.2 Å². The fraction of sp³-hybridized carbons (Fsp3) is 0.348. The maximum Gasteiger partial charge on any atom is 0.197 e. The fourth-order valence-corrected chi connectivity index (χ4v) is 4.61. The van der Waals surface area contributed by atoms with E-state index in [9.17, 15) is 9.90 Å². The summed E-state index contributed by atoms with van der Waals surface area (Å²) in [5.74, 6) is 1.27. The van der Waals surface area contributed by atoms with Gasteiger partial charge < -0.3 is 23.9 Å². The van der Waals surface area contributed by atoms with Crippen LogP contribution in [-0.2, 0) is 0 Å². The van der Waals surface area contributed by atoms with Gasteiger partial charge in [0.25, 0.3) is 0 Å². The van der Waals surface area contributed by atoms with Crippen molar-refractivity contribution >= 4 is 35.0 Å². The number of ether oxygens (including phenoxy) is 2. The predicted octanol–water partition coefficient (Wildman–Crippen LogP) is 4.33. The second kappa shape index (κ2) is 9.49. The first-order valence-electron chi connectivity index (χ1n) is 9.78. The molecule has 0 saturated carbocycles. The lowest BCUT2D eigenvalue weighted by Gasteiger charge is -2.25. The number of hydrogen-bond acceptors (Lipinski definition) is 6. The zero-order valence-electron chi connectivity index (χ0n) is 17.6. The summed E-state index contributed by atoms with van der Waals surface area (Å²) >= 11 is 6.36. The van der Waals surface area contributed by atoms with E-state index >= 15 is 0 Å². The first-order valence-corrected chi connectivity index (χ1v) is 10.2. The molecule has 1 aliphatic heterocycles. The van der Waals surface area contributed by atoms with Gasteiger partial charge >= 0.3 is 0 Å². The Balaban J connectivity index is 0.00000272. The second-order valence-corrected chi connectivity index (χ2v) is 7.89.